The Kier molecular flexibility index (Phi) is 5.75. The number of nitrogens with zero attached hydrogens (tertiary/aromatic N) is 3. The Bertz CT molecular complexity index is 1640. The Balaban J connectivity index is 1.75. The Morgan fingerprint density at radius 3 is 2.68 bits per heavy atom. The monoisotopic (exact) mass is 491 g/mol. The van der Waals surface area contributed by atoms with Gasteiger partial charge in [0.25, 0.3) is 5.56 Å². The van der Waals surface area contributed by atoms with Gasteiger partial charge in [0.2, 0.25) is 0 Å². The lowest BCUT2D eigenvalue weighted by Crippen LogP contribution is -2.39. The summed E-state index contributed by atoms with van der Waals surface area (Å²) in [6.45, 7) is 3.76. The molecule has 172 valence electrons. The van der Waals surface area contributed by atoms with Crippen molar-refractivity contribution in [3.63, 3.8) is 0 Å². The van der Waals surface area contributed by atoms with Crippen molar-refractivity contribution < 1.29 is 9.53 Å². The second-order valence-corrected chi connectivity index (χ2v) is 9.51. The van der Waals surface area contributed by atoms with Gasteiger partial charge in [-0.15, -0.1) is 0 Å². The molecule has 0 fully saturated rings. The smallest absolute Gasteiger partial charge is 0.338 e. The van der Waals surface area contributed by atoms with Crippen molar-refractivity contribution >= 4 is 45.9 Å². The third-order valence-corrected chi connectivity index (χ3v) is 7.15. The number of esters is 1. The molecule has 1 atom stereocenters. The van der Waals surface area contributed by atoms with Crippen LogP contribution >= 0.6 is 22.9 Å². The summed E-state index contributed by atoms with van der Waals surface area (Å²) >= 11 is 7.42. The van der Waals surface area contributed by atoms with E-state index in [0.29, 0.717) is 25.6 Å². The van der Waals surface area contributed by atoms with Crippen molar-refractivity contribution in [3.05, 3.63) is 102 Å². The Hall–Kier alpha value is -3.42. The van der Waals surface area contributed by atoms with E-state index in [2.05, 4.69) is 4.99 Å². The van der Waals surface area contributed by atoms with Crippen LogP contribution in [-0.2, 0) is 16.6 Å². The minimum atomic E-state index is -0.651. The second-order valence-electron chi connectivity index (χ2n) is 8.07. The molecule has 4 aromatic rings. The lowest BCUT2D eigenvalue weighted by atomic mass is 9.96. The van der Waals surface area contributed by atoms with Crippen molar-refractivity contribution in [3.8, 4) is 0 Å². The zero-order chi connectivity index (χ0) is 24.0. The van der Waals surface area contributed by atoms with Crippen LogP contribution in [0.5, 0.6) is 0 Å². The molecule has 0 saturated heterocycles. The van der Waals surface area contributed by atoms with Gasteiger partial charge in [-0.3, -0.25) is 9.36 Å². The van der Waals surface area contributed by atoms with Crippen LogP contribution in [0.15, 0.2) is 75.8 Å². The SMILES string of the molecule is CCOC(=O)C1=C(C)N=c2s/c(=C/c3cn(C)c4ccccc34)c(=O)n2[C@H]1c1ccc(Cl)cc1. The largest absolute Gasteiger partial charge is 0.463 e. The van der Waals surface area contributed by atoms with Crippen LogP contribution in [0.1, 0.15) is 31.0 Å². The predicted octanol–water partition coefficient (Wildman–Crippen LogP) is 3.94. The van der Waals surface area contributed by atoms with E-state index >= 15 is 0 Å². The molecule has 2 aromatic carbocycles. The van der Waals surface area contributed by atoms with Crippen LogP contribution in [0.4, 0.5) is 0 Å². The van der Waals surface area contributed by atoms with Gasteiger partial charge >= 0.3 is 5.97 Å². The summed E-state index contributed by atoms with van der Waals surface area (Å²) in [5, 5.41) is 1.64. The van der Waals surface area contributed by atoms with Gasteiger partial charge in [0.1, 0.15) is 0 Å². The van der Waals surface area contributed by atoms with Crippen LogP contribution in [-0.4, -0.2) is 21.7 Å². The standard InChI is InChI=1S/C26H22ClN3O3S/c1-4-33-25(32)22-15(2)28-26-30(23(22)16-9-11-18(27)12-10-16)24(31)21(34-26)13-17-14-29(3)20-8-6-5-7-19(17)20/h5-14,23H,4H2,1-3H3/b21-13+/t23-/m0/s1. The number of thiazole rings is 1. The van der Waals surface area contributed by atoms with Crippen LogP contribution in [0.3, 0.4) is 0 Å². The molecule has 0 bridgehead atoms. The summed E-state index contributed by atoms with van der Waals surface area (Å²) in [6.07, 6.45) is 3.91. The number of allylic oxidation sites excluding steroid dienone is 1. The number of halogens is 1. The van der Waals surface area contributed by atoms with Crippen LogP contribution in [0.25, 0.3) is 17.0 Å². The first-order chi connectivity index (χ1) is 16.4. The fraction of sp³-hybridized carbons (Fsp3) is 0.192. The number of aromatic nitrogens is 2. The van der Waals surface area contributed by atoms with E-state index in [9.17, 15) is 9.59 Å². The molecular formula is C26H22ClN3O3S. The van der Waals surface area contributed by atoms with Crippen molar-refractivity contribution in [1.29, 1.82) is 0 Å². The molecule has 34 heavy (non-hydrogen) atoms. The number of para-hydroxylation sites is 1. The normalized spacial score (nSPS) is 16.0. The van der Waals surface area contributed by atoms with Gasteiger partial charge in [0.05, 0.1) is 28.5 Å². The van der Waals surface area contributed by atoms with E-state index in [4.69, 9.17) is 16.3 Å². The molecule has 1 aliphatic rings. The summed E-state index contributed by atoms with van der Waals surface area (Å²) < 4.78 is 9.51. The number of carbonyl (C=O) groups is 1. The van der Waals surface area contributed by atoms with Gasteiger partial charge in [-0.25, -0.2) is 9.79 Å². The molecule has 6 nitrogen and oxygen atoms in total. The fourth-order valence-corrected chi connectivity index (χ4v) is 5.54. The molecule has 0 N–H and O–H groups in total. The van der Waals surface area contributed by atoms with Gasteiger partial charge in [-0.2, -0.15) is 0 Å². The van der Waals surface area contributed by atoms with Gasteiger partial charge in [0, 0.05) is 34.7 Å². The number of carbonyl (C=O) groups excluding carboxylic acids is 1. The first-order valence-electron chi connectivity index (χ1n) is 10.9. The molecule has 0 aliphatic carbocycles. The minimum Gasteiger partial charge on any atom is -0.463 e. The third-order valence-electron chi connectivity index (χ3n) is 5.92. The molecule has 0 unspecified atom stereocenters. The van der Waals surface area contributed by atoms with Crippen LogP contribution < -0.4 is 14.9 Å². The number of fused-ring (bicyclic) bond motifs is 2. The summed E-state index contributed by atoms with van der Waals surface area (Å²) in [5.74, 6) is -0.480. The number of aryl methyl sites for hydroxylation is 1. The highest BCUT2D eigenvalue weighted by molar-refractivity contribution is 7.07. The number of rotatable bonds is 4. The molecule has 0 amide bonds. The van der Waals surface area contributed by atoms with E-state index < -0.39 is 12.0 Å². The highest BCUT2D eigenvalue weighted by Gasteiger charge is 2.33. The number of hydrogen-bond acceptors (Lipinski definition) is 5. The maximum absolute atomic E-state index is 13.7. The highest BCUT2D eigenvalue weighted by atomic mass is 35.5. The van der Waals surface area contributed by atoms with E-state index in [1.54, 1.807) is 30.5 Å². The summed E-state index contributed by atoms with van der Waals surface area (Å²) in [5.41, 5.74) is 3.49. The van der Waals surface area contributed by atoms with Gasteiger partial charge in [-0.05, 0) is 43.7 Å². The molecular weight excluding hydrogens is 470 g/mol. The van der Waals surface area contributed by atoms with E-state index in [1.807, 2.05) is 60.3 Å². The maximum atomic E-state index is 13.7. The van der Waals surface area contributed by atoms with Crippen LogP contribution in [0, 0.1) is 0 Å². The van der Waals surface area contributed by atoms with Crippen molar-refractivity contribution in [2.75, 3.05) is 6.61 Å². The quantitative estimate of drug-likeness (QED) is 0.406. The Labute approximate surface area is 204 Å². The van der Waals surface area contributed by atoms with Crippen molar-refractivity contribution in [1.82, 2.24) is 9.13 Å². The topological polar surface area (TPSA) is 65.6 Å². The molecule has 1 aliphatic heterocycles. The first kappa shape index (κ1) is 22.4. The average molecular weight is 492 g/mol. The first-order valence-corrected chi connectivity index (χ1v) is 12.1. The van der Waals surface area contributed by atoms with E-state index in [-0.39, 0.29) is 12.2 Å². The summed E-state index contributed by atoms with van der Waals surface area (Å²) in [7, 11) is 1.98. The predicted molar refractivity (Wildman–Crippen MR) is 135 cm³/mol. The van der Waals surface area contributed by atoms with Crippen LogP contribution in [0.2, 0.25) is 5.02 Å². The summed E-state index contributed by atoms with van der Waals surface area (Å²) in [4.78, 5) is 31.8. The fourth-order valence-electron chi connectivity index (χ4n) is 4.38. The molecule has 3 heterocycles. The third kappa shape index (κ3) is 3.71. The average Bonchev–Trinajstić information content (AvgIpc) is 3.30. The van der Waals surface area contributed by atoms with Gasteiger partial charge in [-0.1, -0.05) is 53.3 Å². The highest BCUT2D eigenvalue weighted by Crippen LogP contribution is 2.31. The minimum absolute atomic E-state index is 0.203. The Morgan fingerprint density at radius 2 is 1.94 bits per heavy atom. The zero-order valence-corrected chi connectivity index (χ0v) is 20.5. The molecule has 5 rings (SSSR count). The lowest BCUT2D eigenvalue weighted by molar-refractivity contribution is -0.139. The second kappa shape index (κ2) is 8.74. The Morgan fingerprint density at radius 1 is 1.21 bits per heavy atom. The van der Waals surface area contributed by atoms with Gasteiger partial charge < -0.3 is 9.30 Å². The number of ether oxygens (including phenoxy) is 1. The zero-order valence-electron chi connectivity index (χ0n) is 18.9. The number of hydrogen-bond donors (Lipinski definition) is 0. The summed E-state index contributed by atoms with van der Waals surface area (Å²) in [6, 6.07) is 14.6. The molecule has 2 aromatic heterocycles. The molecule has 8 heteroatoms. The molecule has 0 spiro atoms. The lowest BCUT2D eigenvalue weighted by Gasteiger charge is -2.24. The van der Waals surface area contributed by atoms with Crippen molar-refractivity contribution in [2.24, 2.45) is 12.0 Å². The van der Waals surface area contributed by atoms with Crippen molar-refractivity contribution in [2.45, 2.75) is 19.9 Å². The maximum Gasteiger partial charge on any atom is 0.338 e. The number of benzene rings is 2. The van der Waals surface area contributed by atoms with Gasteiger partial charge in [0.15, 0.2) is 4.80 Å². The van der Waals surface area contributed by atoms with E-state index in [1.165, 1.54) is 11.3 Å². The van der Waals surface area contributed by atoms with E-state index in [0.717, 1.165) is 22.0 Å². The molecule has 0 radical (unpaired) electrons. The molecule has 0 saturated carbocycles.